The lowest BCUT2D eigenvalue weighted by molar-refractivity contribution is 0.194. The fourth-order valence-electron chi connectivity index (χ4n) is 3.02. The van der Waals surface area contributed by atoms with Crippen LogP contribution in [0.1, 0.15) is 11.4 Å². The molecular weight excluding hydrogens is 268 g/mol. The Morgan fingerprint density at radius 2 is 2.30 bits per heavy atom. The summed E-state index contributed by atoms with van der Waals surface area (Å²) < 4.78 is 2.32. The van der Waals surface area contributed by atoms with Gasteiger partial charge in [0.05, 0.1) is 6.54 Å². The third-order valence-corrected chi connectivity index (χ3v) is 4.48. The van der Waals surface area contributed by atoms with E-state index in [0.29, 0.717) is 5.92 Å². The predicted octanol–water partition coefficient (Wildman–Crippen LogP) is 2.14. The standard InChI is InChI=1S/C15H22N4S/c1-17(2)7-14-9-18(8-13-3-6-20-12-13)11-15-16-4-5-19(15)10-14/h3-6,12,14H,7-11H2,1-2H3/t14-/m0/s1. The molecule has 4 nitrogen and oxygen atoms in total. The molecule has 0 aromatic carbocycles. The fourth-order valence-corrected chi connectivity index (χ4v) is 3.68. The van der Waals surface area contributed by atoms with E-state index < -0.39 is 0 Å². The molecule has 0 bridgehead atoms. The molecule has 108 valence electrons. The molecule has 20 heavy (non-hydrogen) atoms. The van der Waals surface area contributed by atoms with Gasteiger partial charge in [-0.25, -0.2) is 4.98 Å². The Labute approximate surface area is 124 Å². The third-order valence-electron chi connectivity index (χ3n) is 3.75. The molecule has 3 heterocycles. The van der Waals surface area contributed by atoms with Crippen molar-refractivity contribution in [3.05, 3.63) is 40.6 Å². The molecule has 2 aromatic rings. The van der Waals surface area contributed by atoms with Gasteiger partial charge in [0.15, 0.2) is 0 Å². The quantitative estimate of drug-likeness (QED) is 0.862. The van der Waals surface area contributed by atoms with Gasteiger partial charge in [-0.3, -0.25) is 4.90 Å². The molecule has 1 aliphatic rings. The number of nitrogens with zero attached hydrogens (tertiary/aromatic N) is 4. The first-order valence-corrected chi connectivity index (χ1v) is 8.03. The molecule has 0 N–H and O–H groups in total. The lowest BCUT2D eigenvalue weighted by Gasteiger charge is -2.25. The summed E-state index contributed by atoms with van der Waals surface area (Å²) in [6.45, 7) is 5.32. The van der Waals surface area contributed by atoms with Crippen molar-refractivity contribution in [2.75, 3.05) is 27.2 Å². The highest BCUT2D eigenvalue weighted by Crippen LogP contribution is 2.19. The van der Waals surface area contributed by atoms with Crippen molar-refractivity contribution in [1.29, 1.82) is 0 Å². The van der Waals surface area contributed by atoms with Crippen LogP contribution in [0.4, 0.5) is 0 Å². The molecule has 3 rings (SSSR count). The first kappa shape index (κ1) is 13.8. The van der Waals surface area contributed by atoms with Gasteiger partial charge in [-0.15, -0.1) is 0 Å². The van der Waals surface area contributed by atoms with Crippen LogP contribution in [0.3, 0.4) is 0 Å². The van der Waals surface area contributed by atoms with Gasteiger partial charge in [-0.1, -0.05) is 0 Å². The van der Waals surface area contributed by atoms with Crippen LogP contribution in [0.15, 0.2) is 29.2 Å². The van der Waals surface area contributed by atoms with Gasteiger partial charge in [0.25, 0.3) is 0 Å². The third kappa shape index (κ3) is 3.29. The maximum Gasteiger partial charge on any atom is 0.122 e. The minimum atomic E-state index is 0.652. The van der Waals surface area contributed by atoms with Gasteiger partial charge >= 0.3 is 0 Å². The molecule has 0 fully saturated rings. The van der Waals surface area contributed by atoms with Crippen molar-refractivity contribution in [2.24, 2.45) is 5.92 Å². The topological polar surface area (TPSA) is 24.3 Å². The van der Waals surface area contributed by atoms with Gasteiger partial charge in [-0.2, -0.15) is 11.3 Å². The Balaban J connectivity index is 1.76. The molecule has 0 spiro atoms. The molecule has 1 atom stereocenters. The second-order valence-electron chi connectivity index (χ2n) is 5.93. The maximum atomic E-state index is 4.52. The van der Waals surface area contributed by atoms with Gasteiger partial charge < -0.3 is 9.47 Å². The second kappa shape index (κ2) is 6.08. The minimum absolute atomic E-state index is 0.652. The largest absolute Gasteiger partial charge is 0.333 e. The van der Waals surface area contributed by atoms with E-state index in [1.807, 2.05) is 6.20 Å². The maximum absolute atomic E-state index is 4.52. The van der Waals surface area contributed by atoms with Crippen molar-refractivity contribution in [3.8, 4) is 0 Å². The Kier molecular flexibility index (Phi) is 4.19. The van der Waals surface area contributed by atoms with E-state index in [9.17, 15) is 0 Å². The zero-order valence-corrected chi connectivity index (χ0v) is 13.0. The van der Waals surface area contributed by atoms with Gasteiger partial charge in [0, 0.05) is 44.5 Å². The number of hydrogen-bond donors (Lipinski definition) is 0. The summed E-state index contributed by atoms with van der Waals surface area (Å²) in [6.07, 6.45) is 4.04. The predicted molar refractivity (Wildman–Crippen MR) is 82.7 cm³/mol. The molecular formula is C15H22N4S. The average Bonchev–Trinajstić information content (AvgIpc) is 2.99. The summed E-state index contributed by atoms with van der Waals surface area (Å²) in [5.41, 5.74) is 1.42. The van der Waals surface area contributed by atoms with E-state index in [0.717, 1.165) is 32.7 Å². The number of rotatable bonds is 4. The van der Waals surface area contributed by atoms with Gasteiger partial charge in [0.1, 0.15) is 5.82 Å². The van der Waals surface area contributed by atoms with Crippen molar-refractivity contribution in [2.45, 2.75) is 19.6 Å². The Morgan fingerprint density at radius 3 is 3.05 bits per heavy atom. The van der Waals surface area contributed by atoms with Crippen LogP contribution in [0.2, 0.25) is 0 Å². The van der Waals surface area contributed by atoms with Crippen LogP contribution in [0, 0.1) is 5.92 Å². The van der Waals surface area contributed by atoms with Gasteiger partial charge in [0.2, 0.25) is 0 Å². The van der Waals surface area contributed by atoms with E-state index in [1.54, 1.807) is 11.3 Å². The zero-order chi connectivity index (χ0) is 13.9. The Hall–Kier alpha value is -1.17. The lowest BCUT2D eigenvalue weighted by atomic mass is 10.1. The van der Waals surface area contributed by atoms with Crippen molar-refractivity contribution < 1.29 is 0 Å². The van der Waals surface area contributed by atoms with Crippen LogP contribution < -0.4 is 0 Å². The highest BCUT2D eigenvalue weighted by molar-refractivity contribution is 7.07. The fraction of sp³-hybridized carbons (Fsp3) is 0.533. The average molecular weight is 290 g/mol. The first-order valence-electron chi connectivity index (χ1n) is 7.09. The van der Waals surface area contributed by atoms with E-state index in [4.69, 9.17) is 0 Å². The van der Waals surface area contributed by atoms with E-state index in [2.05, 4.69) is 56.5 Å². The number of thiophene rings is 1. The highest BCUT2D eigenvalue weighted by Gasteiger charge is 2.22. The number of aromatic nitrogens is 2. The highest BCUT2D eigenvalue weighted by atomic mass is 32.1. The van der Waals surface area contributed by atoms with Crippen LogP contribution in [0.25, 0.3) is 0 Å². The van der Waals surface area contributed by atoms with Crippen LogP contribution in [0.5, 0.6) is 0 Å². The van der Waals surface area contributed by atoms with Crippen LogP contribution in [-0.4, -0.2) is 46.5 Å². The van der Waals surface area contributed by atoms with Crippen molar-refractivity contribution in [1.82, 2.24) is 19.4 Å². The molecule has 0 aliphatic carbocycles. The zero-order valence-electron chi connectivity index (χ0n) is 12.2. The number of fused-ring (bicyclic) bond motifs is 1. The first-order chi connectivity index (χ1) is 9.70. The van der Waals surface area contributed by atoms with E-state index >= 15 is 0 Å². The summed E-state index contributed by atoms with van der Waals surface area (Å²) in [7, 11) is 4.31. The summed E-state index contributed by atoms with van der Waals surface area (Å²) in [4.78, 5) is 9.34. The summed E-state index contributed by atoms with van der Waals surface area (Å²) in [5, 5.41) is 4.41. The van der Waals surface area contributed by atoms with Gasteiger partial charge in [-0.05, 0) is 36.5 Å². The molecule has 5 heteroatoms. The van der Waals surface area contributed by atoms with Crippen LogP contribution in [-0.2, 0) is 19.6 Å². The molecule has 1 aliphatic heterocycles. The number of hydrogen-bond acceptors (Lipinski definition) is 4. The summed E-state index contributed by atoms with van der Waals surface area (Å²) in [6, 6.07) is 2.23. The molecule has 0 saturated heterocycles. The lowest BCUT2D eigenvalue weighted by Crippen LogP contribution is -2.33. The van der Waals surface area contributed by atoms with E-state index in [1.165, 1.54) is 11.4 Å². The monoisotopic (exact) mass is 290 g/mol. The second-order valence-corrected chi connectivity index (χ2v) is 6.71. The minimum Gasteiger partial charge on any atom is -0.333 e. The summed E-state index contributed by atoms with van der Waals surface area (Å²) >= 11 is 1.78. The SMILES string of the molecule is CN(C)C[C@H]1CN(Cc2ccsc2)Cc2nccn2C1. The normalized spacial score (nSPS) is 20.1. The molecule has 0 saturated carbocycles. The Bertz CT molecular complexity index is 532. The summed E-state index contributed by atoms with van der Waals surface area (Å²) in [5.74, 6) is 1.85. The smallest absolute Gasteiger partial charge is 0.122 e. The van der Waals surface area contributed by atoms with E-state index in [-0.39, 0.29) is 0 Å². The molecule has 0 amide bonds. The van der Waals surface area contributed by atoms with Crippen LogP contribution >= 0.6 is 11.3 Å². The van der Waals surface area contributed by atoms with Crippen molar-refractivity contribution >= 4 is 11.3 Å². The number of imidazole rings is 1. The molecule has 0 unspecified atom stereocenters. The Morgan fingerprint density at radius 1 is 1.40 bits per heavy atom. The van der Waals surface area contributed by atoms with Crippen molar-refractivity contribution in [3.63, 3.8) is 0 Å². The molecule has 2 aromatic heterocycles. The molecule has 0 radical (unpaired) electrons.